The summed E-state index contributed by atoms with van der Waals surface area (Å²) in [5, 5.41) is 0. The minimum atomic E-state index is 0.164. The predicted octanol–water partition coefficient (Wildman–Crippen LogP) is 1.98. The lowest BCUT2D eigenvalue weighted by Gasteiger charge is -1.98. The first-order chi connectivity index (χ1) is 5.20. The fourth-order valence-electron chi connectivity index (χ4n) is 0.816. The minimum Gasteiger partial charge on any atom is -0.300 e. The lowest BCUT2D eigenvalue weighted by Crippen LogP contribution is -1.96. The molecule has 0 radical (unpaired) electrons. The summed E-state index contributed by atoms with van der Waals surface area (Å²) < 4.78 is 0.898. The molecule has 58 valence electrons. The summed E-state index contributed by atoms with van der Waals surface area (Å²) in [6, 6.07) is 1.84. The Morgan fingerprint density at radius 2 is 2.45 bits per heavy atom. The zero-order valence-electron chi connectivity index (χ0n) is 6.17. The van der Waals surface area contributed by atoms with Gasteiger partial charge in [-0.05, 0) is 34.5 Å². The molecule has 1 aromatic rings. The normalized spacial score (nSPS) is 9.64. The van der Waals surface area contributed by atoms with Gasteiger partial charge in [0.25, 0.3) is 0 Å². The van der Waals surface area contributed by atoms with E-state index in [0.717, 1.165) is 10.0 Å². The Morgan fingerprint density at radius 1 is 1.73 bits per heavy atom. The first-order valence-corrected chi connectivity index (χ1v) is 4.07. The Hall–Kier alpha value is -0.700. The molecule has 0 amide bonds. The molecule has 0 atom stereocenters. The van der Waals surface area contributed by atoms with Crippen LogP contribution in [0.3, 0.4) is 0 Å². The van der Waals surface area contributed by atoms with Gasteiger partial charge in [-0.2, -0.15) is 0 Å². The molecule has 1 aromatic heterocycles. The molecule has 0 N–H and O–H groups in total. The highest BCUT2D eigenvalue weighted by Crippen LogP contribution is 2.14. The molecule has 0 fully saturated rings. The molecule has 1 heterocycles. The Labute approximate surface area is 73.8 Å². The fraction of sp³-hybridized carbons (Fsp3) is 0.250. The Balaban J connectivity index is 2.86. The summed E-state index contributed by atoms with van der Waals surface area (Å²) in [5.41, 5.74) is 0.993. The van der Waals surface area contributed by atoms with Crippen LogP contribution in [0.4, 0.5) is 0 Å². The second-order valence-electron chi connectivity index (χ2n) is 2.35. The molecule has 2 nitrogen and oxygen atoms in total. The smallest absolute Gasteiger partial charge is 0.134 e. The summed E-state index contributed by atoms with van der Waals surface area (Å²) in [6.45, 7) is 1.58. The second kappa shape index (κ2) is 3.62. The van der Waals surface area contributed by atoms with Gasteiger partial charge in [0, 0.05) is 23.3 Å². The molecule has 0 aliphatic heterocycles. The van der Waals surface area contributed by atoms with Crippen LogP contribution in [0.15, 0.2) is 22.9 Å². The van der Waals surface area contributed by atoms with Crippen molar-refractivity contribution < 1.29 is 4.79 Å². The highest BCUT2D eigenvalue weighted by Gasteiger charge is 2.00. The first-order valence-electron chi connectivity index (χ1n) is 3.28. The lowest BCUT2D eigenvalue weighted by atomic mass is 10.1. The summed E-state index contributed by atoms with van der Waals surface area (Å²) in [7, 11) is 0. The van der Waals surface area contributed by atoms with E-state index in [0.29, 0.717) is 6.42 Å². The van der Waals surface area contributed by atoms with E-state index in [1.54, 1.807) is 19.3 Å². The third kappa shape index (κ3) is 2.42. The van der Waals surface area contributed by atoms with E-state index in [9.17, 15) is 4.79 Å². The third-order valence-electron chi connectivity index (χ3n) is 1.30. The van der Waals surface area contributed by atoms with E-state index in [1.165, 1.54) is 0 Å². The van der Waals surface area contributed by atoms with Crippen LogP contribution in [0.2, 0.25) is 0 Å². The van der Waals surface area contributed by atoms with Crippen LogP contribution < -0.4 is 0 Å². The lowest BCUT2D eigenvalue weighted by molar-refractivity contribution is -0.116. The van der Waals surface area contributed by atoms with Crippen LogP contribution in [0.25, 0.3) is 0 Å². The van der Waals surface area contributed by atoms with E-state index in [2.05, 4.69) is 20.9 Å². The van der Waals surface area contributed by atoms with Crippen molar-refractivity contribution in [2.75, 3.05) is 0 Å². The molecular weight excluding hydrogens is 206 g/mol. The molecular formula is C8H8BrNO. The number of pyridine rings is 1. The van der Waals surface area contributed by atoms with Gasteiger partial charge >= 0.3 is 0 Å². The Bertz CT molecular complexity index is 273. The van der Waals surface area contributed by atoms with Gasteiger partial charge < -0.3 is 0 Å². The van der Waals surface area contributed by atoms with Gasteiger partial charge in [0.05, 0.1) is 0 Å². The van der Waals surface area contributed by atoms with Crippen molar-refractivity contribution >= 4 is 21.7 Å². The van der Waals surface area contributed by atoms with Crippen LogP contribution in [-0.4, -0.2) is 10.8 Å². The van der Waals surface area contributed by atoms with Gasteiger partial charge in [-0.25, -0.2) is 0 Å². The molecule has 0 spiro atoms. The molecule has 0 saturated heterocycles. The topological polar surface area (TPSA) is 30.0 Å². The minimum absolute atomic E-state index is 0.164. The van der Waals surface area contributed by atoms with Crippen LogP contribution in [0.1, 0.15) is 12.5 Å². The van der Waals surface area contributed by atoms with E-state index in [1.807, 2.05) is 6.07 Å². The largest absolute Gasteiger partial charge is 0.300 e. The Morgan fingerprint density at radius 3 is 3.00 bits per heavy atom. The molecule has 0 bridgehead atoms. The summed E-state index contributed by atoms with van der Waals surface area (Å²) >= 11 is 3.31. The van der Waals surface area contributed by atoms with Crippen molar-refractivity contribution in [3.63, 3.8) is 0 Å². The van der Waals surface area contributed by atoms with Crippen LogP contribution in [0.5, 0.6) is 0 Å². The van der Waals surface area contributed by atoms with Crippen LogP contribution >= 0.6 is 15.9 Å². The molecule has 0 aliphatic carbocycles. The number of aromatic nitrogens is 1. The molecule has 3 heteroatoms. The fourth-order valence-corrected chi connectivity index (χ4v) is 1.21. The van der Waals surface area contributed by atoms with E-state index >= 15 is 0 Å². The average Bonchev–Trinajstić information content (AvgIpc) is 1.93. The van der Waals surface area contributed by atoms with Gasteiger partial charge in [-0.15, -0.1) is 0 Å². The molecule has 11 heavy (non-hydrogen) atoms. The number of ketones is 1. The maximum atomic E-state index is 10.7. The van der Waals surface area contributed by atoms with Crippen molar-refractivity contribution in [1.82, 2.24) is 4.98 Å². The zero-order chi connectivity index (χ0) is 8.27. The molecule has 0 saturated carbocycles. The number of halogens is 1. The number of carbonyl (C=O) groups excluding carboxylic acids is 1. The zero-order valence-corrected chi connectivity index (χ0v) is 7.76. The van der Waals surface area contributed by atoms with Crippen molar-refractivity contribution in [2.45, 2.75) is 13.3 Å². The maximum absolute atomic E-state index is 10.7. The standard InChI is InChI=1S/C8H8BrNO/c1-6(11)4-7-2-3-10-5-8(7)9/h2-3,5H,4H2,1H3. The summed E-state index contributed by atoms with van der Waals surface area (Å²) in [5.74, 6) is 0.164. The predicted molar refractivity (Wildman–Crippen MR) is 46.3 cm³/mol. The van der Waals surface area contributed by atoms with Gasteiger partial charge in [0.1, 0.15) is 5.78 Å². The van der Waals surface area contributed by atoms with Crippen molar-refractivity contribution in [1.29, 1.82) is 0 Å². The van der Waals surface area contributed by atoms with Gasteiger partial charge in [0.2, 0.25) is 0 Å². The monoisotopic (exact) mass is 213 g/mol. The van der Waals surface area contributed by atoms with E-state index in [-0.39, 0.29) is 5.78 Å². The van der Waals surface area contributed by atoms with Crippen LogP contribution in [-0.2, 0) is 11.2 Å². The quantitative estimate of drug-likeness (QED) is 0.753. The highest BCUT2D eigenvalue weighted by atomic mass is 79.9. The van der Waals surface area contributed by atoms with Gasteiger partial charge in [0.15, 0.2) is 0 Å². The number of hydrogen-bond acceptors (Lipinski definition) is 2. The number of rotatable bonds is 2. The average molecular weight is 214 g/mol. The second-order valence-corrected chi connectivity index (χ2v) is 3.20. The highest BCUT2D eigenvalue weighted by molar-refractivity contribution is 9.10. The van der Waals surface area contributed by atoms with Crippen molar-refractivity contribution in [2.24, 2.45) is 0 Å². The molecule has 0 aromatic carbocycles. The summed E-state index contributed by atoms with van der Waals surface area (Å²) in [6.07, 6.45) is 3.85. The third-order valence-corrected chi connectivity index (χ3v) is 2.01. The first kappa shape index (κ1) is 8.40. The van der Waals surface area contributed by atoms with E-state index < -0.39 is 0 Å². The maximum Gasteiger partial charge on any atom is 0.134 e. The van der Waals surface area contributed by atoms with Crippen LogP contribution in [0, 0.1) is 0 Å². The number of carbonyl (C=O) groups is 1. The molecule has 1 rings (SSSR count). The Kier molecular flexibility index (Phi) is 2.76. The molecule has 0 aliphatic rings. The van der Waals surface area contributed by atoms with Gasteiger partial charge in [-0.3, -0.25) is 9.78 Å². The number of hydrogen-bond donors (Lipinski definition) is 0. The van der Waals surface area contributed by atoms with Crippen molar-refractivity contribution in [3.8, 4) is 0 Å². The number of nitrogens with zero attached hydrogens (tertiary/aromatic N) is 1. The van der Waals surface area contributed by atoms with Crippen molar-refractivity contribution in [3.05, 3.63) is 28.5 Å². The SMILES string of the molecule is CC(=O)Cc1ccncc1Br. The van der Waals surface area contributed by atoms with Gasteiger partial charge in [-0.1, -0.05) is 0 Å². The van der Waals surface area contributed by atoms with E-state index in [4.69, 9.17) is 0 Å². The molecule has 0 unspecified atom stereocenters. The summed E-state index contributed by atoms with van der Waals surface area (Å²) in [4.78, 5) is 14.6. The number of Topliss-reactive ketones (excluding diaryl/α,β-unsaturated/α-hetero) is 1.